The maximum absolute atomic E-state index is 13.0. The van der Waals surface area contributed by atoms with Gasteiger partial charge in [0.1, 0.15) is 31.0 Å². The van der Waals surface area contributed by atoms with E-state index in [1.165, 1.54) is 6.92 Å². The van der Waals surface area contributed by atoms with E-state index in [4.69, 9.17) is 28.4 Å². The first kappa shape index (κ1) is 35.4. The average Bonchev–Trinajstić information content (AvgIpc) is 3.10. The summed E-state index contributed by atoms with van der Waals surface area (Å²) in [5.41, 5.74) is 3.50. The Morgan fingerprint density at radius 1 is 0.604 bits per heavy atom. The van der Waals surface area contributed by atoms with E-state index in [2.05, 4.69) is 0 Å². The third kappa shape index (κ3) is 11.1. The molecule has 0 N–H and O–H groups in total. The summed E-state index contributed by atoms with van der Waals surface area (Å²) in [4.78, 5) is 11.9. The zero-order chi connectivity index (χ0) is 33.6. The molecule has 5 atom stereocenters. The van der Waals surface area contributed by atoms with E-state index < -0.39 is 46.5 Å². The van der Waals surface area contributed by atoms with Crippen LogP contribution in [0.4, 0.5) is 0 Å². The number of esters is 1. The third-order valence-electron chi connectivity index (χ3n) is 7.80. The second-order valence-corrected chi connectivity index (χ2v) is 13.8. The first-order valence-electron chi connectivity index (χ1n) is 16.0. The molecule has 4 aromatic rings. The fourth-order valence-electron chi connectivity index (χ4n) is 5.41. The van der Waals surface area contributed by atoms with Gasteiger partial charge in [0.2, 0.25) is 0 Å². The summed E-state index contributed by atoms with van der Waals surface area (Å²) in [6, 6.07) is 38.1. The van der Waals surface area contributed by atoms with Crippen molar-refractivity contribution in [3.8, 4) is 0 Å². The van der Waals surface area contributed by atoms with Gasteiger partial charge in [0, 0.05) is 6.92 Å². The van der Waals surface area contributed by atoms with Crippen LogP contribution in [0.5, 0.6) is 0 Å². The smallest absolute Gasteiger partial charge is 0.302 e. The van der Waals surface area contributed by atoms with Crippen LogP contribution in [0.3, 0.4) is 0 Å². The van der Waals surface area contributed by atoms with Gasteiger partial charge >= 0.3 is 5.97 Å². The van der Waals surface area contributed by atoms with E-state index in [0.717, 1.165) is 16.7 Å². The topological polar surface area (TPSA) is 107 Å². The maximum atomic E-state index is 13.0. The average molecular weight is 675 g/mol. The van der Waals surface area contributed by atoms with Crippen LogP contribution in [-0.2, 0) is 68.6 Å². The van der Waals surface area contributed by atoms with Crippen molar-refractivity contribution in [3.63, 3.8) is 0 Å². The summed E-state index contributed by atoms with van der Waals surface area (Å²) in [7, 11) is -3.50. The highest BCUT2D eigenvalue weighted by molar-refractivity contribution is 7.90. The molecule has 1 aliphatic heterocycles. The minimum Gasteiger partial charge on any atom is -0.463 e. The van der Waals surface area contributed by atoms with Gasteiger partial charge in [-0.05, 0) is 22.3 Å². The minimum atomic E-state index is -3.50. The number of carbonyl (C=O) groups excluding carboxylic acids is 1. The lowest BCUT2D eigenvalue weighted by molar-refractivity contribution is -0.326. The van der Waals surface area contributed by atoms with E-state index in [1.54, 1.807) is 24.3 Å². The predicted octanol–water partition coefficient (Wildman–Crippen LogP) is 5.66. The van der Waals surface area contributed by atoms with E-state index in [0.29, 0.717) is 5.56 Å². The zero-order valence-corrected chi connectivity index (χ0v) is 27.8. The number of carbonyl (C=O) groups is 1. The van der Waals surface area contributed by atoms with Crippen molar-refractivity contribution in [2.45, 2.75) is 63.2 Å². The van der Waals surface area contributed by atoms with Crippen molar-refractivity contribution in [3.05, 3.63) is 144 Å². The monoisotopic (exact) mass is 674 g/mol. The molecular weight excluding hydrogens is 632 g/mol. The van der Waals surface area contributed by atoms with Crippen LogP contribution in [0.15, 0.2) is 121 Å². The lowest BCUT2D eigenvalue weighted by Gasteiger charge is -2.45. The van der Waals surface area contributed by atoms with E-state index >= 15 is 0 Å². The van der Waals surface area contributed by atoms with Crippen molar-refractivity contribution in [1.82, 2.24) is 0 Å². The fourth-order valence-corrected chi connectivity index (χ4v) is 6.60. The molecule has 1 heterocycles. The quantitative estimate of drug-likeness (QED) is 0.131. The highest BCUT2D eigenvalue weighted by Crippen LogP contribution is 2.31. The molecule has 0 spiro atoms. The van der Waals surface area contributed by atoms with E-state index in [-0.39, 0.29) is 44.5 Å². The van der Waals surface area contributed by atoms with Crippen molar-refractivity contribution in [2.24, 2.45) is 0 Å². The van der Waals surface area contributed by atoms with Crippen LogP contribution < -0.4 is 0 Å². The standard InChI is InChI=1S/C38H42O9S/c1-29(39)43-27-34-35(44-24-30-14-6-2-7-15-30)36(45-25-31-16-8-3-9-17-31)37(46-26-32-18-10-4-11-19-32)38(47-34)42-22-23-48(40,41)28-33-20-12-5-13-21-33/h2-21,34-38H,22-28H2,1H3/t34-,35-,36+,37-,38+/m1/s1. The van der Waals surface area contributed by atoms with Crippen LogP contribution in [0.1, 0.15) is 29.2 Å². The molecule has 10 heteroatoms. The normalized spacial score (nSPS) is 21.1. The molecular formula is C38H42O9S. The molecule has 0 unspecified atom stereocenters. The number of hydrogen-bond acceptors (Lipinski definition) is 9. The first-order valence-corrected chi connectivity index (χ1v) is 17.8. The number of sulfone groups is 1. The number of benzene rings is 4. The lowest BCUT2D eigenvalue weighted by Crippen LogP contribution is -2.62. The van der Waals surface area contributed by atoms with E-state index in [1.807, 2.05) is 97.1 Å². The third-order valence-corrected chi connectivity index (χ3v) is 9.37. The first-order chi connectivity index (χ1) is 23.4. The Morgan fingerprint density at radius 3 is 1.52 bits per heavy atom. The van der Waals surface area contributed by atoms with Gasteiger partial charge in [-0.15, -0.1) is 0 Å². The highest BCUT2D eigenvalue weighted by Gasteiger charge is 2.49. The second-order valence-electron chi connectivity index (χ2n) is 11.6. The number of ether oxygens (including phenoxy) is 6. The lowest BCUT2D eigenvalue weighted by atomic mass is 9.97. The van der Waals surface area contributed by atoms with Crippen LogP contribution in [0.2, 0.25) is 0 Å². The summed E-state index contributed by atoms with van der Waals surface area (Å²) in [6.45, 7) is 1.74. The Kier molecular flexibility index (Phi) is 13.3. The Balaban J connectivity index is 1.41. The molecule has 0 aromatic heterocycles. The van der Waals surface area contributed by atoms with Gasteiger partial charge in [0.15, 0.2) is 16.1 Å². The van der Waals surface area contributed by atoms with Gasteiger partial charge in [-0.3, -0.25) is 4.79 Å². The van der Waals surface area contributed by atoms with Gasteiger partial charge in [0.05, 0.1) is 37.9 Å². The molecule has 1 aliphatic rings. The molecule has 9 nitrogen and oxygen atoms in total. The summed E-state index contributed by atoms with van der Waals surface area (Å²) in [6.07, 6.45) is -4.19. The predicted molar refractivity (Wildman–Crippen MR) is 180 cm³/mol. The van der Waals surface area contributed by atoms with Gasteiger partial charge in [-0.1, -0.05) is 121 Å². The summed E-state index contributed by atoms with van der Waals surface area (Å²) in [5.74, 6) is -0.816. The van der Waals surface area contributed by atoms with Crippen LogP contribution in [-0.4, -0.2) is 64.1 Å². The van der Waals surface area contributed by atoms with Crippen molar-refractivity contribution >= 4 is 15.8 Å². The van der Waals surface area contributed by atoms with Crippen molar-refractivity contribution < 1.29 is 41.6 Å². The molecule has 5 rings (SSSR count). The van der Waals surface area contributed by atoms with Gasteiger partial charge in [-0.25, -0.2) is 8.42 Å². The Labute approximate surface area is 282 Å². The van der Waals surface area contributed by atoms with Crippen LogP contribution >= 0.6 is 0 Å². The fraction of sp³-hybridized carbons (Fsp3) is 0.342. The molecule has 48 heavy (non-hydrogen) atoms. The maximum Gasteiger partial charge on any atom is 0.302 e. The van der Waals surface area contributed by atoms with Crippen molar-refractivity contribution in [1.29, 1.82) is 0 Å². The summed E-state index contributed by atoms with van der Waals surface area (Å²) < 4.78 is 63.7. The Morgan fingerprint density at radius 2 is 1.04 bits per heavy atom. The SMILES string of the molecule is CC(=O)OC[C@H]1O[C@H](OCCS(=O)(=O)Cc2ccccc2)[C@H](OCc2ccccc2)[C@@H](OCc2ccccc2)[C@@H]1OCc1ccccc1. The minimum absolute atomic E-state index is 0.107. The second kappa shape index (κ2) is 18.0. The van der Waals surface area contributed by atoms with Crippen LogP contribution in [0, 0.1) is 0 Å². The van der Waals surface area contributed by atoms with Gasteiger partial charge < -0.3 is 28.4 Å². The van der Waals surface area contributed by atoms with Gasteiger partial charge in [0.25, 0.3) is 0 Å². The largest absolute Gasteiger partial charge is 0.463 e. The molecule has 0 bridgehead atoms. The molecule has 0 amide bonds. The van der Waals surface area contributed by atoms with Crippen molar-refractivity contribution in [2.75, 3.05) is 19.0 Å². The molecule has 1 saturated heterocycles. The highest BCUT2D eigenvalue weighted by atomic mass is 32.2. The molecule has 0 radical (unpaired) electrons. The molecule has 0 aliphatic carbocycles. The number of rotatable bonds is 17. The van der Waals surface area contributed by atoms with Gasteiger partial charge in [-0.2, -0.15) is 0 Å². The molecule has 4 aromatic carbocycles. The summed E-state index contributed by atoms with van der Waals surface area (Å²) >= 11 is 0. The van der Waals surface area contributed by atoms with Crippen LogP contribution in [0.25, 0.3) is 0 Å². The van der Waals surface area contributed by atoms with E-state index in [9.17, 15) is 13.2 Å². The molecule has 0 saturated carbocycles. The summed E-state index contributed by atoms with van der Waals surface area (Å²) in [5, 5.41) is 0. The Bertz CT molecular complexity index is 1620. The zero-order valence-electron chi connectivity index (χ0n) is 27.0. The number of hydrogen-bond donors (Lipinski definition) is 0. The molecule has 254 valence electrons. The Hall–Kier alpha value is -3.90. The molecule has 1 fully saturated rings.